The quantitative estimate of drug-likeness (QED) is 0.0774. The standard InChI is InChI=1S/C68H42F8N4O5S/c69-65(70,66(71,72)85-67(73,74)68(75,76)86(82,83)84-57-38-30-41-18-14-16-28-47(41)63(57)62-46-27-15-13-17-40(46)29-37-56(62)81)48-39-55-60(44-23-9-3-10-24-44)53-34-33-51(78-53)58(42-19-5-1-6-20-42)49-31-32-50(77-49)59(43-21-7-2-8-22-43)52-35-36-54(79-52)61(64(48)80-55)45-25-11-4-12-26-45/h1-39,78-79,81H. The topological polar surface area (TPSA) is 130 Å². The second-order valence-electron chi connectivity index (χ2n) is 20.3. The second-order valence-corrected chi connectivity index (χ2v) is 21.8. The van der Waals surface area contributed by atoms with E-state index in [4.69, 9.17) is 14.2 Å². The summed E-state index contributed by atoms with van der Waals surface area (Å²) in [6, 6.07) is 57.5. The first-order valence-electron chi connectivity index (χ1n) is 26.6. The van der Waals surface area contributed by atoms with Crippen LogP contribution < -0.4 is 4.18 Å². The van der Waals surface area contributed by atoms with Crippen molar-refractivity contribution in [2.45, 2.75) is 23.4 Å². The number of nitrogens with zero attached hydrogens (tertiary/aromatic N) is 2. The number of hydrogen-bond acceptors (Lipinski definition) is 7. The molecular weight excluding hydrogens is 1140 g/mol. The van der Waals surface area contributed by atoms with Gasteiger partial charge in [0, 0.05) is 55.4 Å². The zero-order chi connectivity index (χ0) is 59.8. The molecule has 3 N–H and O–H groups in total. The third kappa shape index (κ3) is 9.33. The third-order valence-corrected chi connectivity index (χ3v) is 16.2. The Morgan fingerprint density at radius 2 is 0.814 bits per heavy atom. The number of benzene rings is 8. The SMILES string of the molecule is O=S(=O)(Oc1ccc2ccccc2c1-c1c(O)ccc2ccccc12)C(F)(F)C(F)(F)OC(F)(F)C(F)(F)C1=Cc2nc1c(-c1ccccc1)c1ccc([nH]1)c(-c1ccccc1)c1nc(c(-c3ccccc3)c3ccc([nH]3)c2-c2ccccc2)C=C1. The molecule has 0 saturated carbocycles. The van der Waals surface area contributed by atoms with E-state index in [1.54, 1.807) is 97.1 Å². The lowest BCUT2D eigenvalue weighted by molar-refractivity contribution is -0.446. The van der Waals surface area contributed by atoms with Gasteiger partial charge in [0.25, 0.3) is 0 Å². The van der Waals surface area contributed by atoms with Crippen molar-refractivity contribution in [2.75, 3.05) is 0 Å². The van der Waals surface area contributed by atoms with Crippen LogP contribution in [0.5, 0.6) is 11.5 Å². The smallest absolute Gasteiger partial charge is 0.471 e. The van der Waals surface area contributed by atoms with Crippen molar-refractivity contribution < 1.29 is 57.6 Å². The van der Waals surface area contributed by atoms with Crippen LogP contribution in [0.2, 0.25) is 0 Å². The van der Waals surface area contributed by atoms with Crippen LogP contribution in [0.4, 0.5) is 35.1 Å². The Balaban J connectivity index is 1.01. The van der Waals surface area contributed by atoms with Gasteiger partial charge in [-0.05, 0) is 98.4 Å². The maximum absolute atomic E-state index is 17.8. The maximum Gasteiger partial charge on any atom is 0.471 e. The number of aromatic nitrogens is 4. The molecule has 0 saturated heterocycles. The van der Waals surface area contributed by atoms with Gasteiger partial charge >= 0.3 is 33.5 Å². The average molecular weight is 1180 g/mol. The van der Waals surface area contributed by atoms with Crippen molar-refractivity contribution >= 4 is 77.5 Å². The lowest BCUT2D eigenvalue weighted by atomic mass is 9.92. The summed E-state index contributed by atoms with van der Waals surface area (Å²) in [6.45, 7) is 0. The molecule has 3 aromatic heterocycles. The van der Waals surface area contributed by atoms with Gasteiger partial charge in [-0.1, -0.05) is 182 Å². The number of alkyl halides is 8. The van der Waals surface area contributed by atoms with Gasteiger partial charge in [-0.3, -0.25) is 0 Å². The summed E-state index contributed by atoms with van der Waals surface area (Å²) < 4.78 is 171. The third-order valence-electron chi connectivity index (χ3n) is 15.0. The molecule has 0 atom stereocenters. The normalized spacial score (nSPS) is 13.1. The van der Waals surface area contributed by atoms with Crippen molar-refractivity contribution in [1.82, 2.24) is 19.9 Å². The molecule has 86 heavy (non-hydrogen) atoms. The molecule has 9 nitrogen and oxygen atoms in total. The fourth-order valence-electron chi connectivity index (χ4n) is 11.0. The lowest BCUT2D eigenvalue weighted by Crippen LogP contribution is -2.57. The summed E-state index contributed by atoms with van der Waals surface area (Å²) in [5.74, 6) is -7.64. The van der Waals surface area contributed by atoms with Gasteiger partial charge in [-0.25, -0.2) is 14.7 Å². The average Bonchev–Trinajstić information content (AvgIpc) is 1.69. The van der Waals surface area contributed by atoms with E-state index in [1.165, 1.54) is 66.7 Å². The molecule has 0 spiro atoms. The molecule has 0 amide bonds. The zero-order valence-electron chi connectivity index (χ0n) is 44.4. The van der Waals surface area contributed by atoms with Crippen LogP contribution >= 0.6 is 0 Å². The molecule has 8 bridgehead atoms. The van der Waals surface area contributed by atoms with E-state index in [2.05, 4.69) is 14.7 Å². The number of halogens is 8. The largest absolute Gasteiger partial charge is 0.507 e. The fraction of sp³-hybridized carbons (Fsp3) is 0.0588. The first-order valence-corrected chi connectivity index (χ1v) is 28.0. The Morgan fingerprint density at radius 3 is 1.30 bits per heavy atom. The zero-order valence-corrected chi connectivity index (χ0v) is 45.2. The number of nitrogens with one attached hydrogen (secondary N) is 2. The number of H-pyrrole nitrogens is 2. The van der Waals surface area contributed by atoms with Crippen LogP contribution in [0, 0.1) is 0 Å². The van der Waals surface area contributed by atoms with E-state index in [0.29, 0.717) is 61.5 Å². The van der Waals surface area contributed by atoms with Gasteiger partial charge in [0.15, 0.2) is 5.75 Å². The van der Waals surface area contributed by atoms with Crippen molar-refractivity contribution in [2.24, 2.45) is 0 Å². The van der Waals surface area contributed by atoms with E-state index < -0.39 is 62.0 Å². The monoisotopic (exact) mass is 1180 g/mol. The summed E-state index contributed by atoms with van der Waals surface area (Å²) in [4.78, 5) is 16.5. The van der Waals surface area contributed by atoms with E-state index in [1.807, 2.05) is 60.7 Å². The predicted octanol–water partition coefficient (Wildman–Crippen LogP) is 18.2. The maximum atomic E-state index is 17.8. The Hall–Kier alpha value is -10.2. The Morgan fingerprint density at radius 1 is 0.407 bits per heavy atom. The molecule has 2 aliphatic rings. The van der Waals surface area contributed by atoms with Gasteiger partial charge in [0.1, 0.15) is 5.75 Å². The summed E-state index contributed by atoms with van der Waals surface area (Å²) in [7, 11) is -7.24. The van der Waals surface area contributed by atoms with Gasteiger partial charge in [-0.15, -0.1) is 0 Å². The summed E-state index contributed by atoms with van der Waals surface area (Å²) in [6.07, 6.45) is -9.47. The molecule has 0 radical (unpaired) electrons. The minimum Gasteiger partial charge on any atom is -0.507 e. The minimum atomic E-state index is -7.24. The van der Waals surface area contributed by atoms with Crippen LogP contribution in [0.1, 0.15) is 22.8 Å². The van der Waals surface area contributed by atoms with Crippen LogP contribution in [-0.4, -0.2) is 56.9 Å². The highest BCUT2D eigenvalue weighted by atomic mass is 32.2. The molecule has 18 heteroatoms. The molecule has 8 aromatic carbocycles. The highest BCUT2D eigenvalue weighted by Crippen LogP contribution is 2.55. The molecule has 0 aliphatic carbocycles. The summed E-state index contributed by atoms with van der Waals surface area (Å²) in [5.41, 5.74) is 1.04. The number of phenolic OH excluding ortho intramolecular Hbond substituents is 1. The fourth-order valence-corrected chi connectivity index (χ4v) is 11.8. The lowest BCUT2D eigenvalue weighted by Gasteiger charge is -2.33. The van der Waals surface area contributed by atoms with Gasteiger partial charge < -0.3 is 19.3 Å². The van der Waals surface area contributed by atoms with E-state index in [9.17, 15) is 13.5 Å². The van der Waals surface area contributed by atoms with Crippen LogP contribution in [0.3, 0.4) is 0 Å². The van der Waals surface area contributed by atoms with Crippen LogP contribution in [-0.2, 0) is 14.9 Å². The number of aromatic amines is 2. The van der Waals surface area contributed by atoms with Crippen LogP contribution in [0.15, 0.2) is 218 Å². The Kier molecular flexibility index (Phi) is 13.4. The van der Waals surface area contributed by atoms with Crippen molar-refractivity contribution in [3.05, 3.63) is 241 Å². The van der Waals surface area contributed by atoms with Crippen molar-refractivity contribution in [3.8, 4) is 67.1 Å². The molecule has 0 unspecified atom stereocenters. The first-order chi connectivity index (χ1) is 41.3. The number of fused-ring (bicyclic) bond motifs is 10. The van der Waals surface area contributed by atoms with Gasteiger partial charge in [0.2, 0.25) is 0 Å². The van der Waals surface area contributed by atoms with E-state index in [0.717, 1.165) is 11.6 Å². The minimum absolute atomic E-state index is 0.00520. The van der Waals surface area contributed by atoms with Gasteiger partial charge in [-0.2, -0.15) is 43.5 Å². The summed E-state index contributed by atoms with van der Waals surface area (Å²) in [5, 5.41) is 5.54. The molecule has 11 aromatic rings. The van der Waals surface area contributed by atoms with E-state index in [-0.39, 0.29) is 49.6 Å². The first kappa shape index (κ1) is 55.0. The molecular formula is C68H42F8N4O5S. The van der Waals surface area contributed by atoms with Crippen molar-refractivity contribution in [3.63, 3.8) is 0 Å². The van der Waals surface area contributed by atoms with Crippen molar-refractivity contribution in [1.29, 1.82) is 0 Å². The van der Waals surface area contributed by atoms with E-state index >= 15 is 35.1 Å². The molecule has 426 valence electrons. The predicted molar refractivity (Wildman–Crippen MR) is 319 cm³/mol. The van der Waals surface area contributed by atoms with Gasteiger partial charge in [0.05, 0.1) is 28.3 Å². The Bertz CT molecular complexity index is 4870. The molecule has 5 heterocycles. The molecule has 2 aliphatic heterocycles. The number of hydrogen-bond donors (Lipinski definition) is 3. The summed E-state index contributed by atoms with van der Waals surface area (Å²) >= 11 is 0. The number of phenols is 1. The number of ether oxygens (including phenoxy) is 1. The molecule has 0 fully saturated rings. The highest BCUT2D eigenvalue weighted by Gasteiger charge is 2.76. The second kappa shape index (κ2) is 20.9. The number of rotatable bonds is 13. The van der Waals surface area contributed by atoms with Crippen LogP contribution in [0.25, 0.3) is 123 Å². The highest BCUT2D eigenvalue weighted by molar-refractivity contribution is 7.88. The molecule has 13 rings (SSSR count). The number of aromatic hydroxyl groups is 1. The Labute approximate surface area is 484 Å².